The van der Waals surface area contributed by atoms with E-state index in [9.17, 15) is 9.59 Å². The maximum Gasteiger partial charge on any atom is 0.243 e. The van der Waals surface area contributed by atoms with Crippen LogP contribution in [0.25, 0.3) is 11.0 Å². The van der Waals surface area contributed by atoms with Gasteiger partial charge in [-0.05, 0) is 44.9 Å². The van der Waals surface area contributed by atoms with E-state index in [1.165, 1.54) is 11.8 Å². The first kappa shape index (κ1) is 20.9. The number of fused-ring (bicyclic) bond motifs is 1. The average molecular weight is 412 g/mol. The van der Waals surface area contributed by atoms with Crippen LogP contribution in [0.2, 0.25) is 0 Å². The maximum absolute atomic E-state index is 12.2. The predicted octanol–water partition coefficient (Wildman–Crippen LogP) is 3.22. The third kappa shape index (κ3) is 4.95. The zero-order chi connectivity index (χ0) is 21.0. The van der Waals surface area contributed by atoms with E-state index >= 15 is 0 Å². The summed E-state index contributed by atoms with van der Waals surface area (Å²) in [4.78, 5) is 33.1. The second kappa shape index (κ2) is 9.09. The number of nitrogens with one attached hydrogen (secondary N) is 2. The van der Waals surface area contributed by atoms with Gasteiger partial charge in [0, 0.05) is 18.4 Å². The van der Waals surface area contributed by atoms with Crippen LogP contribution in [0.5, 0.6) is 0 Å². The van der Waals surface area contributed by atoms with E-state index < -0.39 is 0 Å². The summed E-state index contributed by atoms with van der Waals surface area (Å²) in [5.41, 5.74) is 5.76. The largest absolute Gasteiger partial charge is 0.346 e. The van der Waals surface area contributed by atoms with Crippen LogP contribution in [0.3, 0.4) is 0 Å². The zero-order valence-electron chi connectivity index (χ0n) is 17.1. The first-order valence-electron chi connectivity index (χ1n) is 9.46. The molecule has 2 heterocycles. The van der Waals surface area contributed by atoms with Gasteiger partial charge in [0.2, 0.25) is 11.8 Å². The number of aryl methyl sites for hydroxylation is 4. The normalized spacial score (nSPS) is 10.9. The molecule has 0 fully saturated rings. The molecule has 0 saturated carbocycles. The zero-order valence-corrected chi connectivity index (χ0v) is 17.9. The lowest BCUT2D eigenvalue weighted by molar-refractivity contribution is -0.122. The quantitative estimate of drug-likeness (QED) is 0.583. The van der Waals surface area contributed by atoms with Gasteiger partial charge in [-0.25, -0.2) is 4.98 Å². The summed E-state index contributed by atoms with van der Waals surface area (Å²) in [5.74, 6) is -0.271. The van der Waals surface area contributed by atoms with Crippen LogP contribution in [-0.4, -0.2) is 38.6 Å². The molecule has 0 aliphatic carbocycles. The van der Waals surface area contributed by atoms with Crippen LogP contribution >= 0.6 is 11.8 Å². The van der Waals surface area contributed by atoms with E-state index in [1.807, 2.05) is 50.5 Å². The van der Waals surface area contributed by atoms with Crippen LogP contribution in [0.1, 0.15) is 23.6 Å². The molecule has 3 rings (SSSR count). The Kier molecular flexibility index (Phi) is 6.53. The molecule has 8 heteroatoms. The molecule has 0 bridgehead atoms. The fourth-order valence-corrected chi connectivity index (χ4v) is 4.20. The first-order valence-corrected chi connectivity index (χ1v) is 10.4. The second-order valence-electron chi connectivity index (χ2n) is 6.89. The lowest BCUT2D eigenvalue weighted by Gasteiger charge is -2.13. The molecule has 0 atom stereocenters. The minimum atomic E-state index is -0.245. The molecule has 2 N–H and O–H groups in total. The van der Waals surface area contributed by atoms with E-state index in [0.29, 0.717) is 0 Å². The predicted molar refractivity (Wildman–Crippen MR) is 116 cm³/mol. The van der Waals surface area contributed by atoms with Gasteiger partial charge in [0.05, 0.1) is 24.0 Å². The fraction of sp³-hybridized carbons (Fsp3) is 0.333. The summed E-state index contributed by atoms with van der Waals surface area (Å²) in [5, 5.41) is 6.33. The van der Waals surface area contributed by atoms with Crippen LogP contribution in [-0.2, 0) is 16.1 Å². The molecule has 1 aromatic carbocycles. The van der Waals surface area contributed by atoms with E-state index in [4.69, 9.17) is 0 Å². The Morgan fingerprint density at radius 2 is 1.86 bits per heavy atom. The van der Waals surface area contributed by atoms with Crippen molar-refractivity contribution in [1.82, 2.24) is 19.9 Å². The van der Waals surface area contributed by atoms with E-state index in [0.717, 1.165) is 45.1 Å². The van der Waals surface area contributed by atoms with Crippen LogP contribution in [0.4, 0.5) is 5.69 Å². The van der Waals surface area contributed by atoms with Gasteiger partial charge in [0.15, 0.2) is 5.16 Å². The number of thioether (sulfide) groups is 1. The highest BCUT2D eigenvalue weighted by molar-refractivity contribution is 7.99. The van der Waals surface area contributed by atoms with Gasteiger partial charge < -0.3 is 15.2 Å². The van der Waals surface area contributed by atoms with E-state index in [2.05, 4.69) is 20.6 Å². The molecule has 2 amide bonds. The van der Waals surface area contributed by atoms with Crippen molar-refractivity contribution in [1.29, 1.82) is 0 Å². The van der Waals surface area contributed by atoms with Gasteiger partial charge in [0.1, 0.15) is 5.52 Å². The van der Waals surface area contributed by atoms with Gasteiger partial charge in [0.25, 0.3) is 0 Å². The van der Waals surface area contributed by atoms with Crippen molar-refractivity contribution in [2.45, 2.75) is 39.4 Å². The van der Waals surface area contributed by atoms with Crippen LogP contribution < -0.4 is 10.6 Å². The maximum atomic E-state index is 12.2. The summed E-state index contributed by atoms with van der Waals surface area (Å²) in [6.45, 7) is 8.65. The lowest BCUT2D eigenvalue weighted by atomic mass is 10.1. The highest BCUT2D eigenvalue weighted by Crippen LogP contribution is 2.23. The molecule has 0 unspecified atom stereocenters. The minimum absolute atomic E-state index is 0.0692. The molecule has 0 spiro atoms. The molecule has 7 nitrogen and oxygen atoms in total. The number of rotatable bonds is 7. The van der Waals surface area contributed by atoms with Gasteiger partial charge in [-0.15, -0.1) is 0 Å². The van der Waals surface area contributed by atoms with Crippen LogP contribution in [0.15, 0.2) is 35.7 Å². The van der Waals surface area contributed by atoms with Gasteiger partial charge in [-0.3, -0.25) is 14.6 Å². The molecular weight excluding hydrogens is 386 g/mol. The Bertz CT molecular complexity index is 1040. The first-order chi connectivity index (χ1) is 13.9. The van der Waals surface area contributed by atoms with Gasteiger partial charge in [-0.1, -0.05) is 29.5 Å². The van der Waals surface area contributed by atoms with Crippen molar-refractivity contribution < 1.29 is 9.59 Å². The number of anilines is 1. The molecule has 3 aromatic rings. The number of hydrogen-bond acceptors (Lipinski definition) is 5. The molecule has 29 heavy (non-hydrogen) atoms. The molecule has 0 saturated heterocycles. The molecular formula is C21H25N5O2S. The fourth-order valence-electron chi connectivity index (χ4n) is 3.30. The number of hydrogen-bond donors (Lipinski definition) is 2. The van der Waals surface area contributed by atoms with Crippen LogP contribution in [0, 0.1) is 20.8 Å². The van der Waals surface area contributed by atoms with E-state index in [1.54, 1.807) is 12.4 Å². The molecule has 0 aliphatic rings. The minimum Gasteiger partial charge on any atom is -0.346 e. The summed E-state index contributed by atoms with van der Waals surface area (Å²) < 4.78 is 2.05. The number of amides is 2. The molecule has 0 aliphatic heterocycles. The number of imidazole rings is 1. The number of benzene rings is 1. The van der Waals surface area contributed by atoms with Crippen molar-refractivity contribution in [3.63, 3.8) is 0 Å². The average Bonchev–Trinajstić information content (AvgIpc) is 3.05. The van der Waals surface area contributed by atoms with Crippen molar-refractivity contribution in [2.24, 2.45) is 0 Å². The Hall–Kier alpha value is -2.87. The molecule has 0 radical (unpaired) electrons. The van der Waals surface area contributed by atoms with Gasteiger partial charge in [-0.2, -0.15) is 0 Å². The van der Waals surface area contributed by atoms with Crippen molar-refractivity contribution >= 4 is 40.3 Å². The van der Waals surface area contributed by atoms with Gasteiger partial charge >= 0.3 is 0 Å². The van der Waals surface area contributed by atoms with Crippen molar-refractivity contribution in [3.05, 3.63) is 47.3 Å². The number of carbonyl (C=O) groups excluding carboxylic acids is 2. The highest BCUT2D eigenvalue weighted by Gasteiger charge is 2.13. The SMILES string of the molecule is CCn1c(SCC(=O)NCC(=O)Nc2c(C)cc(C)cc2C)nc2cnccc21. The standard InChI is InChI=1S/C21H25N5O2S/c1-5-26-17-6-7-22-10-16(17)24-21(26)29-12-19(28)23-11-18(27)25-20-14(3)8-13(2)9-15(20)4/h6-10H,5,11-12H2,1-4H3,(H,23,28)(H,25,27). The monoisotopic (exact) mass is 411 g/mol. The summed E-state index contributed by atoms with van der Waals surface area (Å²) >= 11 is 1.35. The summed E-state index contributed by atoms with van der Waals surface area (Å²) in [6, 6.07) is 5.95. The number of aromatic nitrogens is 3. The highest BCUT2D eigenvalue weighted by atomic mass is 32.2. The summed E-state index contributed by atoms with van der Waals surface area (Å²) in [7, 11) is 0. The number of pyridine rings is 1. The third-order valence-corrected chi connectivity index (χ3v) is 5.53. The Balaban J connectivity index is 1.54. The lowest BCUT2D eigenvalue weighted by Crippen LogP contribution is -2.34. The topological polar surface area (TPSA) is 88.9 Å². The summed E-state index contributed by atoms with van der Waals surface area (Å²) in [6.07, 6.45) is 3.44. The Morgan fingerprint density at radius 1 is 1.14 bits per heavy atom. The third-order valence-electron chi connectivity index (χ3n) is 4.55. The van der Waals surface area contributed by atoms with E-state index in [-0.39, 0.29) is 24.1 Å². The second-order valence-corrected chi connectivity index (χ2v) is 7.83. The van der Waals surface area contributed by atoms with Crippen molar-refractivity contribution in [3.8, 4) is 0 Å². The molecule has 2 aromatic heterocycles. The number of nitrogens with zero attached hydrogens (tertiary/aromatic N) is 3. The number of carbonyl (C=O) groups is 2. The Morgan fingerprint density at radius 3 is 2.55 bits per heavy atom. The smallest absolute Gasteiger partial charge is 0.243 e. The van der Waals surface area contributed by atoms with Crippen molar-refractivity contribution in [2.75, 3.05) is 17.6 Å². The molecule has 152 valence electrons. The Labute approximate surface area is 174 Å².